The van der Waals surface area contributed by atoms with Crippen molar-refractivity contribution < 1.29 is 9.84 Å². The fourth-order valence-corrected chi connectivity index (χ4v) is 8.27. The SMILES string of the molecule is COc1ncccc1CNc1ncc(C#N)c(NCC23CC4C[C@H](C2)C(NCC2CCC(O)CC2)[C@@H](C4)C3)n1. The zero-order valence-corrected chi connectivity index (χ0v) is 22.9. The highest BCUT2D eigenvalue weighted by Gasteiger charge is 2.55. The van der Waals surface area contributed by atoms with E-state index in [0.29, 0.717) is 41.7 Å². The standard InChI is InChI=1S/C30H41N7O2/c1-39-28-21(3-2-8-32-28)16-34-29-35-17-24(14-31)27(37-29)36-18-30-11-20-9-22(12-30)26(23(10-20)13-30)33-15-19-4-6-25(38)7-5-19/h2-3,8,17,19-20,22-23,25-26,33,38H,4-7,9-13,15-16,18H2,1H3,(H2,34,35,36,37)/t19?,20?,22-,23+,25?,26?,30?. The molecule has 3 unspecified atom stereocenters. The third-order valence-corrected chi connectivity index (χ3v) is 9.88. The van der Waals surface area contributed by atoms with Crippen LogP contribution in [0.1, 0.15) is 68.9 Å². The van der Waals surface area contributed by atoms with Crippen molar-refractivity contribution >= 4 is 11.8 Å². The maximum absolute atomic E-state index is 9.85. The summed E-state index contributed by atoms with van der Waals surface area (Å²) in [6, 6.07) is 6.72. The molecule has 4 bridgehead atoms. The monoisotopic (exact) mass is 531 g/mol. The molecule has 2 aromatic heterocycles. The van der Waals surface area contributed by atoms with Gasteiger partial charge in [-0.15, -0.1) is 0 Å². The quantitative estimate of drug-likeness (QED) is 0.358. The fraction of sp³-hybridized carbons (Fsp3) is 0.667. The Morgan fingerprint density at radius 1 is 1.10 bits per heavy atom. The largest absolute Gasteiger partial charge is 0.481 e. The van der Waals surface area contributed by atoms with Gasteiger partial charge in [-0.2, -0.15) is 10.2 Å². The lowest BCUT2D eigenvalue weighted by molar-refractivity contribution is -0.0704. The first-order valence-electron chi connectivity index (χ1n) is 14.7. The molecule has 9 nitrogen and oxygen atoms in total. The number of hydrogen-bond donors (Lipinski definition) is 4. The molecule has 208 valence electrons. The molecule has 0 saturated heterocycles. The molecule has 5 aliphatic carbocycles. The molecular formula is C30H41N7O2. The number of aliphatic hydroxyl groups excluding tert-OH is 1. The van der Waals surface area contributed by atoms with Crippen LogP contribution in [0.3, 0.4) is 0 Å². The molecule has 0 spiro atoms. The Morgan fingerprint density at radius 3 is 2.64 bits per heavy atom. The Morgan fingerprint density at radius 2 is 1.90 bits per heavy atom. The smallest absolute Gasteiger partial charge is 0.224 e. The van der Waals surface area contributed by atoms with E-state index in [1.165, 1.54) is 32.1 Å². The third kappa shape index (κ3) is 5.68. The molecular weight excluding hydrogens is 490 g/mol. The molecule has 5 atom stereocenters. The van der Waals surface area contributed by atoms with Gasteiger partial charge in [-0.05, 0) is 99.5 Å². The molecule has 4 N–H and O–H groups in total. The summed E-state index contributed by atoms with van der Waals surface area (Å²) in [6.07, 6.45) is 13.9. The second-order valence-corrected chi connectivity index (χ2v) is 12.5. The van der Waals surface area contributed by atoms with Crippen molar-refractivity contribution in [3.63, 3.8) is 0 Å². The Bertz CT molecular complexity index is 1180. The molecule has 0 amide bonds. The molecule has 0 aliphatic heterocycles. The first-order valence-corrected chi connectivity index (χ1v) is 14.7. The van der Waals surface area contributed by atoms with E-state index in [-0.39, 0.29) is 11.5 Å². The van der Waals surface area contributed by atoms with Gasteiger partial charge in [-0.1, -0.05) is 6.07 Å². The van der Waals surface area contributed by atoms with Crippen LogP contribution in [0.25, 0.3) is 0 Å². The average molecular weight is 532 g/mol. The molecule has 7 rings (SSSR count). The van der Waals surface area contributed by atoms with Crippen LogP contribution in [0, 0.1) is 40.4 Å². The third-order valence-electron chi connectivity index (χ3n) is 9.88. The van der Waals surface area contributed by atoms with E-state index in [1.54, 1.807) is 19.5 Å². The topological polar surface area (TPSA) is 128 Å². The number of anilines is 2. The van der Waals surface area contributed by atoms with E-state index < -0.39 is 0 Å². The molecule has 5 fully saturated rings. The predicted molar refractivity (Wildman–Crippen MR) is 149 cm³/mol. The van der Waals surface area contributed by atoms with Gasteiger partial charge in [-0.25, -0.2) is 9.97 Å². The van der Waals surface area contributed by atoms with Crippen molar-refractivity contribution in [2.24, 2.45) is 29.1 Å². The number of methoxy groups -OCH3 is 1. The predicted octanol–water partition coefficient (Wildman–Crippen LogP) is 4.11. The van der Waals surface area contributed by atoms with Crippen LogP contribution in [-0.4, -0.2) is 52.4 Å². The number of nitriles is 1. The van der Waals surface area contributed by atoms with Crippen LogP contribution in [-0.2, 0) is 6.54 Å². The number of aliphatic hydroxyl groups is 1. The summed E-state index contributed by atoms with van der Waals surface area (Å²) in [6.45, 7) is 2.44. The molecule has 2 aromatic rings. The highest BCUT2D eigenvalue weighted by molar-refractivity contribution is 5.53. The number of aromatic nitrogens is 3. The van der Waals surface area contributed by atoms with Crippen molar-refractivity contribution in [3.05, 3.63) is 35.7 Å². The number of nitrogens with one attached hydrogen (secondary N) is 3. The molecule has 2 heterocycles. The molecule has 0 radical (unpaired) electrons. The van der Waals surface area contributed by atoms with Gasteiger partial charge in [-0.3, -0.25) is 0 Å². The van der Waals surface area contributed by atoms with Crippen molar-refractivity contribution in [2.45, 2.75) is 76.5 Å². The lowest BCUT2D eigenvalue weighted by Crippen LogP contribution is -2.60. The van der Waals surface area contributed by atoms with Crippen LogP contribution in [0.5, 0.6) is 5.88 Å². The Balaban J connectivity index is 1.08. The van der Waals surface area contributed by atoms with Crippen LogP contribution >= 0.6 is 0 Å². The lowest BCUT2D eigenvalue weighted by atomic mass is 9.48. The van der Waals surface area contributed by atoms with Gasteiger partial charge in [0.15, 0.2) is 0 Å². The Labute approximate surface area is 231 Å². The van der Waals surface area contributed by atoms with E-state index >= 15 is 0 Å². The second-order valence-electron chi connectivity index (χ2n) is 12.5. The summed E-state index contributed by atoms with van der Waals surface area (Å²) >= 11 is 0. The first kappa shape index (κ1) is 26.3. The molecule has 39 heavy (non-hydrogen) atoms. The maximum Gasteiger partial charge on any atom is 0.224 e. The summed E-state index contributed by atoms with van der Waals surface area (Å²) in [4.78, 5) is 13.3. The van der Waals surface area contributed by atoms with E-state index in [2.05, 4.69) is 37.0 Å². The van der Waals surface area contributed by atoms with E-state index in [1.807, 2.05) is 12.1 Å². The minimum absolute atomic E-state index is 0.0808. The number of pyridine rings is 1. The minimum atomic E-state index is -0.0808. The fourth-order valence-electron chi connectivity index (χ4n) is 8.27. The van der Waals surface area contributed by atoms with E-state index in [9.17, 15) is 10.4 Å². The van der Waals surface area contributed by atoms with Gasteiger partial charge in [0.1, 0.15) is 17.5 Å². The van der Waals surface area contributed by atoms with Crippen molar-refractivity contribution in [1.82, 2.24) is 20.3 Å². The number of ether oxygens (including phenoxy) is 1. The molecule has 5 aliphatic rings. The molecule has 5 saturated carbocycles. The van der Waals surface area contributed by atoms with Crippen LogP contribution in [0.4, 0.5) is 11.8 Å². The Kier molecular flexibility index (Phi) is 7.59. The van der Waals surface area contributed by atoms with Crippen molar-refractivity contribution in [3.8, 4) is 11.9 Å². The maximum atomic E-state index is 9.85. The van der Waals surface area contributed by atoms with Crippen LogP contribution in [0.2, 0.25) is 0 Å². The number of nitrogens with zero attached hydrogens (tertiary/aromatic N) is 4. The molecule has 9 heteroatoms. The minimum Gasteiger partial charge on any atom is -0.481 e. The lowest BCUT2D eigenvalue weighted by Gasteiger charge is -2.60. The zero-order valence-electron chi connectivity index (χ0n) is 22.9. The van der Waals surface area contributed by atoms with Gasteiger partial charge < -0.3 is 25.8 Å². The summed E-state index contributed by atoms with van der Waals surface area (Å²) in [5.74, 6) is 4.67. The van der Waals surface area contributed by atoms with Gasteiger partial charge in [0, 0.05) is 30.9 Å². The second kappa shape index (κ2) is 11.3. The highest BCUT2D eigenvalue weighted by Crippen LogP contribution is 2.60. The van der Waals surface area contributed by atoms with Gasteiger partial charge in [0.25, 0.3) is 0 Å². The summed E-state index contributed by atoms with van der Waals surface area (Å²) in [7, 11) is 1.61. The van der Waals surface area contributed by atoms with Crippen molar-refractivity contribution in [2.75, 3.05) is 30.8 Å². The van der Waals surface area contributed by atoms with E-state index in [0.717, 1.165) is 62.1 Å². The first-order chi connectivity index (χ1) is 19.0. The van der Waals surface area contributed by atoms with Crippen molar-refractivity contribution in [1.29, 1.82) is 5.26 Å². The summed E-state index contributed by atoms with van der Waals surface area (Å²) in [5.41, 5.74) is 1.67. The number of rotatable bonds is 10. The van der Waals surface area contributed by atoms with Gasteiger partial charge in [0.05, 0.1) is 19.4 Å². The van der Waals surface area contributed by atoms with E-state index in [4.69, 9.17) is 4.74 Å². The number of hydrogen-bond acceptors (Lipinski definition) is 9. The van der Waals surface area contributed by atoms with Gasteiger partial charge in [0.2, 0.25) is 11.8 Å². The van der Waals surface area contributed by atoms with Crippen LogP contribution in [0.15, 0.2) is 24.5 Å². The summed E-state index contributed by atoms with van der Waals surface area (Å²) < 4.78 is 5.35. The Hall–Kier alpha value is -2.96. The average Bonchev–Trinajstić information content (AvgIpc) is 2.95. The normalized spacial score (nSPS) is 32.9. The highest BCUT2D eigenvalue weighted by atomic mass is 16.5. The van der Waals surface area contributed by atoms with Crippen LogP contribution < -0.4 is 20.7 Å². The zero-order chi connectivity index (χ0) is 26.8. The molecule has 0 aromatic carbocycles. The van der Waals surface area contributed by atoms with Gasteiger partial charge >= 0.3 is 0 Å². The summed E-state index contributed by atoms with van der Waals surface area (Å²) in [5, 5.41) is 30.4.